The molecule has 0 saturated carbocycles. The molecule has 1 saturated heterocycles. The number of amides is 1. The summed E-state index contributed by atoms with van der Waals surface area (Å²) in [7, 11) is 0. The summed E-state index contributed by atoms with van der Waals surface area (Å²) in [6.45, 7) is 2.05. The van der Waals surface area contributed by atoms with Crippen molar-refractivity contribution in [3.8, 4) is 11.5 Å². The van der Waals surface area contributed by atoms with Gasteiger partial charge in [-0.05, 0) is 49.2 Å². The van der Waals surface area contributed by atoms with E-state index in [0.717, 1.165) is 42.9 Å². The molecule has 1 aliphatic rings. The molecular formula is C23H22N6O2. The average molecular weight is 414 g/mol. The molecule has 1 N–H and O–H groups in total. The summed E-state index contributed by atoms with van der Waals surface area (Å²) in [6.07, 6.45) is 5.61. The molecule has 0 atom stereocenters. The molecule has 0 unspecified atom stereocenters. The maximum Gasteiger partial charge on any atom is 0.246 e. The number of nitrogens with one attached hydrogen (secondary N) is 1. The molecule has 8 nitrogen and oxygen atoms in total. The highest BCUT2D eigenvalue weighted by atomic mass is 16.5. The van der Waals surface area contributed by atoms with E-state index in [1.807, 2.05) is 54.6 Å². The van der Waals surface area contributed by atoms with E-state index in [0.29, 0.717) is 17.1 Å². The third-order valence-corrected chi connectivity index (χ3v) is 5.23. The lowest BCUT2D eigenvalue weighted by molar-refractivity contribution is -0.116. The van der Waals surface area contributed by atoms with Crippen molar-refractivity contribution < 1.29 is 9.53 Å². The number of rotatable bonds is 6. The molecule has 4 aromatic rings. The van der Waals surface area contributed by atoms with Gasteiger partial charge in [-0.25, -0.2) is 14.6 Å². The molecule has 1 fully saturated rings. The van der Waals surface area contributed by atoms with Crippen LogP contribution in [0.25, 0.3) is 11.0 Å². The molecule has 31 heavy (non-hydrogen) atoms. The quantitative estimate of drug-likeness (QED) is 0.516. The van der Waals surface area contributed by atoms with Gasteiger partial charge in [0.25, 0.3) is 0 Å². The number of aromatic nitrogens is 4. The predicted octanol–water partition coefficient (Wildman–Crippen LogP) is 3.86. The lowest BCUT2D eigenvalue weighted by atomic mass is 10.3. The van der Waals surface area contributed by atoms with Crippen LogP contribution in [0.5, 0.6) is 11.5 Å². The van der Waals surface area contributed by atoms with Crippen LogP contribution in [0.1, 0.15) is 12.8 Å². The number of nitrogens with zero attached hydrogens (tertiary/aromatic N) is 5. The summed E-state index contributed by atoms with van der Waals surface area (Å²) in [4.78, 5) is 23.6. The van der Waals surface area contributed by atoms with Crippen LogP contribution in [0.2, 0.25) is 0 Å². The van der Waals surface area contributed by atoms with E-state index >= 15 is 0 Å². The molecule has 2 aromatic heterocycles. The third kappa shape index (κ3) is 4.18. The Kier molecular flexibility index (Phi) is 5.18. The smallest absolute Gasteiger partial charge is 0.246 e. The molecule has 0 spiro atoms. The van der Waals surface area contributed by atoms with Crippen molar-refractivity contribution in [3.05, 3.63) is 67.1 Å². The molecule has 1 amide bonds. The fourth-order valence-electron chi connectivity index (χ4n) is 3.74. The van der Waals surface area contributed by atoms with Crippen LogP contribution in [-0.4, -0.2) is 38.7 Å². The zero-order chi connectivity index (χ0) is 21.0. The molecule has 1 aliphatic heterocycles. The maximum atomic E-state index is 12.6. The number of hydrogen-bond donors (Lipinski definition) is 1. The van der Waals surface area contributed by atoms with Gasteiger partial charge in [-0.3, -0.25) is 4.79 Å². The van der Waals surface area contributed by atoms with E-state index < -0.39 is 0 Å². The van der Waals surface area contributed by atoms with Gasteiger partial charge in [0.1, 0.15) is 30.2 Å². The number of para-hydroxylation sites is 1. The van der Waals surface area contributed by atoms with Gasteiger partial charge in [0, 0.05) is 18.8 Å². The number of fused-ring (bicyclic) bond motifs is 1. The van der Waals surface area contributed by atoms with Crippen LogP contribution in [0.4, 0.5) is 11.5 Å². The van der Waals surface area contributed by atoms with Crippen molar-refractivity contribution in [2.75, 3.05) is 23.3 Å². The minimum absolute atomic E-state index is 0.0716. The number of carbonyl (C=O) groups excluding carboxylic acids is 1. The van der Waals surface area contributed by atoms with Crippen LogP contribution >= 0.6 is 0 Å². The van der Waals surface area contributed by atoms with Gasteiger partial charge >= 0.3 is 0 Å². The van der Waals surface area contributed by atoms with Crippen molar-refractivity contribution in [3.63, 3.8) is 0 Å². The molecule has 0 bridgehead atoms. The number of hydrogen-bond acceptors (Lipinski definition) is 6. The van der Waals surface area contributed by atoms with Crippen LogP contribution in [0, 0.1) is 0 Å². The Labute approximate surface area is 179 Å². The number of anilines is 2. The van der Waals surface area contributed by atoms with E-state index in [4.69, 9.17) is 4.74 Å². The van der Waals surface area contributed by atoms with Gasteiger partial charge in [-0.1, -0.05) is 18.2 Å². The average Bonchev–Trinajstić information content (AvgIpc) is 3.46. The van der Waals surface area contributed by atoms with Gasteiger partial charge in [0.15, 0.2) is 5.65 Å². The largest absolute Gasteiger partial charge is 0.457 e. The minimum Gasteiger partial charge on any atom is -0.457 e. The first-order valence-corrected chi connectivity index (χ1v) is 10.3. The standard InChI is InChI=1S/C23H22N6O2/c30-21(27-17-8-10-19(11-9-17)31-18-6-2-1-3-7-18)15-29-23-20(14-26-29)22(24-16-25-23)28-12-4-5-13-28/h1-3,6-11,14,16H,4-5,12-13,15H2,(H,27,30). The zero-order valence-electron chi connectivity index (χ0n) is 16.9. The number of benzene rings is 2. The van der Waals surface area contributed by atoms with E-state index in [1.165, 1.54) is 6.33 Å². The van der Waals surface area contributed by atoms with Crippen molar-refractivity contribution in [2.24, 2.45) is 0 Å². The maximum absolute atomic E-state index is 12.6. The lowest BCUT2D eigenvalue weighted by Crippen LogP contribution is -2.20. The van der Waals surface area contributed by atoms with E-state index in [9.17, 15) is 4.79 Å². The van der Waals surface area contributed by atoms with Gasteiger partial charge in [-0.15, -0.1) is 0 Å². The van der Waals surface area contributed by atoms with Crippen molar-refractivity contribution >= 4 is 28.4 Å². The normalized spacial score (nSPS) is 13.5. The van der Waals surface area contributed by atoms with Crippen LogP contribution < -0.4 is 15.0 Å². The first kappa shape index (κ1) is 19.0. The second-order valence-electron chi connectivity index (χ2n) is 7.42. The summed E-state index contributed by atoms with van der Waals surface area (Å²) in [5, 5.41) is 8.15. The predicted molar refractivity (Wildman–Crippen MR) is 118 cm³/mol. The fourth-order valence-corrected chi connectivity index (χ4v) is 3.74. The van der Waals surface area contributed by atoms with Gasteiger partial charge in [0.05, 0.1) is 11.6 Å². The highest BCUT2D eigenvalue weighted by Gasteiger charge is 2.19. The Hall–Kier alpha value is -3.94. The van der Waals surface area contributed by atoms with Gasteiger partial charge in [0.2, 0.25) is 5.91 Å². The first-order valence-electron chi connectivity index (χ1n) is 10.3. The summed E-state index contributed by atoms with van der Waals surface area (Å²) in [5.41, 5.74) is 1.35. The van der Waals surface area contributed by atoms with E-state index in [1.54, 1.807) is 10.9 Å². The highest BCUT2D eigenvalue weighted by molar-refractivity contribution is 5.92. The molecule has 3 heterocycles. The van der Waals surface area contributed by atoms with Gasteiger partial charge in [-0.2, -0.15) is 5.10 Å². The molecule has 0 aliphatic carbocycles. The van der Waals surface area contributed by atoms with Gasteiger partial charge < -0.3 is 15.0 Å². The summed E-state index contributed by atoms with van der Waals surface area (Å²) < 4.78 is 7.39. The third-order valence-electron chi connectivity index (χ3n) is 5.23. The molecule has 5 rings (SSSR count). The van der Waals surface area contributed by atoms with Crippen LogP contribution in [0.3, 0.4) is 0 Å². The zero-order valence-corrected chi connectivity index (χ0v) is 16.9. The Morgan fingerprint density at radius 2 is 1.71 bits per heavy atom. The van der Waals surface area contributed by atoms with Crippen molar-refractivity contribution in [2.45, 2.75) is 19.4 Å². The van der Waals surface area contributed by atoms with Crippen molar-refractivity contribution in [1.82, 2.24) is 19.7 Å². The first-order chi connectivity index (χ1) is 15.3. The Bertz CT molecular complexity index is 1180. The van der Waals surface area contributed by atoms with E-state index in [2.05, 4.69) is 25.3 Å². The van der Waals surface area contributed by atoms with Crippen molar-refractivity contribution in [1.29, 1.82) is 0 Å². The molecule has 0 radical (unpaired) electrons. The Morgan fingerprint density at radius 3 is 2.48 bits per heavy atom. The van der Waals surface area contributed by atoms with Crippen LogP contribution in [0.15, 0.2) is 67.1 Å². The topological polar surface area (TPSA) is 85.2 Å². The SMILES string of the molecule is O=C(Cn1ncc2c(N3CCCC3)ncnc21)Nc1ccc(Oc2ccccc2)cc1. The molecule has 2 aromatic carbocycles. The number of ether oxygens (including phenoxy) is 1. The van der Waals surface area contributed by atoms with Crippen LogP contribution in [-0.2, 0) is 11.3 Å². The fraction of sp³-hybridized carbons (Fsp3) is 0.217. The molecule has 8 heteroatoms. The summed E-state index contributed by atoms with van der Waals surface area (Å²) in [5.74, 6) is 2.18. The summed E-state index contributed by atoms with van der Waals surface area (Å²) in [6, 6.07) is 16.8. The Balaban J connectivity index is 1.25. The van der Waals surface area contributed by atoms with E-state index in [-0.39, 0.29) is 12.5 Å². The Morgan fingerprint density at radius 1 is 0.968 bits per heavy atom. The highest BCUT2D eigenvalue weighted by Crippen LogP contribution is 2.26. The molecule has 156 valence electrons. The second-order valence-corrected chi connectivity index (χ2v) is 7.42. The second kappa shape index (κ2) is 8.43. The molecular weight excluding hydrogens is 392 g/mol. The lowest BCUT2D eigenvalue weighted by Gasteiger charge is -2.16. The monoisotopic (exact) mass is 414 g/mol. The minimum atomic E-state index is -0.178. The summed E-state index contributed by atoms with van der Waals surface area (Å²) >= 11 is 0. The number of carbonyl (C=O) groups is 1.